The smallest absolute Gasteiger partial charge is 0.328 e. The van der Waals surface area contributed by atoms with Gasteiger partial charge >= 0.3 is 5.97 Å². The third kappa shape index (κ3) is 2.62. The molecule has 0 spiro atoms. The lowest BCUT2D eigenvalue weighted by Gasteiger charge is -2.10. The van der Waals surface area contributed by atoms with Gasteiger partial charge in [0.25, 0.3) is 5.91 Å². The van der Waals surface area contributed by atoms with E-state index in [1.807, 2.05) is 6.92 Å². The van der Waals surface area contributed by atoms with Crippen LogP contribution in [0.1, 0.15) is 30.0 Å². The summed E-state index contributed by atoms with van der Waals surface area (Å²) in [6.07, 6.45) is 2.08. The summed E-state index contributed by atoms with van der Waals surface area (Å²) in [6, 6.07) is 0.912. The number of hydrogen-bond acceptors (Lipinski definition) is 4. The quantitative estimate of drug-likeness (QED) is 0.780. The highest BCUT2D eigenvalue weighted by Gasteiger charge is 2.19. The topological polar surface area (TPSA) is 68.5 Å². The average Bonchev–Trinajstić information content (AvgIpc) is 2.75. The molecule has 1 rings (SSSR count). The van der Waals surface area contributed by atoms with Gasteiger partial charge in [0.05, 0.1) is 18.9 Å². The molecule has 0 bridgehead atoms. The van der Waals surface area contributed by atoms with E-state index in [2.05, 4.69) is 10.1 Å². The van der Waals surface area contributed by atoms with E-state index in [0.29, 0.717) is 17.7 Å². The molecule has 88 valence electrons. The van der Waals surface area contributed by atoms with Crippen LogP contribution >= 0.6 is 0 Å². The maximum atomic E-state index is 11.7. The second kappa shape index (κ2) is 5.34. The Hall–Kier alpha value is -1.78. The lowest BCUT2D eigenvalue weighted by Crippen LogP contribution is -2.39. The van der Waals surface area contributed by atoms with Crippen molar-refractivity contribution in [3.63, 3.8) is 0 Å². The molecule has 1 atom stereocenters. The summed E-state index contributed by atoms with van der Waals surface area (Å²) in [4.78, 5) is 22.8. The lowest BCUT2D eigenvalue weighted by molar-refractivity contribution is -0.142. The van der Waals surface area contributed by atoms with Crippen LogP contribution < -0.4 is 5.32 Å². The Bertz CT molecular complexity index is 383. The van der Waals surface area contributed by atoms with Gasteiger partial charge in [-0.05, 0) is 13.0 Å². The highest BCUT2D eigenvalue weighted by Crippen LogP contribution is 2.11. The summed E-state index contributed by atoms with van der Waals surface area (Å²) in [5.74, 6) is -0.201. The molecular formula is C11H15NO4. The van der Waals surface area contributed by atoms with Crippen molar-refractivity contribution in [3.8, 4) is 0 Å². The Morgan fingerprint density at radius 3 is 2.81 bits per heavy atom. The zero-order valence-electron chi connectivity index (χ0n) is 9.57. The van der Waals surface area contributed by atoms with Crippen LogP contribution in [-0.4, -0.2) is 25.0 Å². The Morgan fingerprint density at radius 2 is 2.25 bits per heavy atom. The van der Waals surface area contributed by atoms with Gasteiger partial charge in [-0.15, -0.1) is 0 Å². The molecule has 1 aromatic heterocycles. The van der Waals surface area contributed by atoms with Gasteiger partial charge in [-0.2, -0.15) is 0 Å². The van der Waals surface area contributed by atoms with E-state index in [1.54, 1.807) is 13.0 Å². The van der Waals surface area contributed by atoms with Crippen molar-refractivity contribution < 1.29 is 18.7 Å². The van der Waals surface area contributed by atoms with E-state index in [4.69, 9.17) is 4.42 Å². The van der Waals surface area contributed by atoms with E-state index in [1.165, 1.54) is 13.4 Å². The summed E-state index contributed by atoms with van der Waals surface area (Å²) >= 11 is 0. The number of methoxy groups -OCH3 is 1. The fourth-order valence-corrected chi connectivity index (χ4v) is 1.33. The van der Waals surface area contributed by atoms with Crippen LogP contribution in [0.25, 0.3) is 0 Å². The molecule has 0 saturated heterocycles. The first-order chi connectivity index (χ1) is 7.60. The standard InChI is InChI=1S/C11H15NO4/c1-4-9-8(5-6-16-9)10(13)12-7(2)11(14)15-3/h5-7H,4H2,1-3H3,(H,12,13). The van der Waals surface area contributed by atoms with Gasteiger partial charge in [-0.3, -0.25) is 4.79 Å². The summed E-state index contributed by atoms with van der Waals surface area (Å²) in [6.45, 7) is 3.45. The minimum Gasteiger partial charge on any atom is -0.469 e. The van der Waals surface area contributed by atoms with Crippen molar-refractivity contribution in [2.45, 2.75) is 26.3 Å². The number of amides is 1. The molecule has 1 unspecified atom stereocenters. The Kier molecular flexibility index (Phi) is 4.10. The minimum absolute atomic E-state index is 0.330. The van der Waals surface area contributed by atoms with Crippen LogP contribution in [0.15, 0.2) is 16.7 Å². The number of rotatable bonds is 4. The molecule has 5 nitrogen and oxygen atoms in total. The van der Waals surface area contributed by atoms with Gasteiger partial charge in [-0.25, -0.2) is 4.79 Å². The van der Waals surface area contributed by atoms with Crippen molar-refractivity contribution >= 4 is 11.9 Å². The number of esters is 1. The Labute approximate surface area is 93.8 Å². The largest absolute Gasteiger partial charge is 0.469 e. The number of furan rings is 1. The molecule has 0 saturated carbocycles. The van der Waals surface area contributed by atoms with E-state index in [0.717, 1.165) is 0 Å². The third-order valence-electron chi connectivity index (χ3n) is 2.21. The molecular weight excluding hydrogens is 210 g/mol. The number of nitrogens with one attached hydrogen (secondary N) is 1. The zero-order valence-corrected chi connectivity index (χ0v) is 9.57. The summed E-state index contributed by atoms with van der Waals surface area (Å²) in [5, 5.41) is 2.53. The zero-order chi connectivity index (χ0) is 12.1. The second-order valence-electron chi connectivity index (χ2n) is 3.33. The van der Waals surface area contributed by atoms with Crippen molar-refractivity contribution in [2.24, 2.45) is 0 Å². The van der Waals surface area contributed by atoms with Gasteiger partial charge in [0.1, 0.15) is 11.8 Å². The molecule has 1 amide bonds. The van der Waals surface area contributed by atoms with E-state index >= 15 is 0 Å². The molecule has 5 heteroatoms. The van der Waals surface area contributed by atoms with Gasteiger partial charge in [0.15, 0.2) is 0 Å². The number of ether oxygens (including phenoxy) is 1. The molecule has 16 heavy (non-hydrogen) atoms. The maximum absolute atomic E-state index is 11.7. The van der Waals surface area contributed by atoms with Crippen LogP contribution in [-0.2, 0) is 16.0 Å². The summed E-state index contributed by atoms with van der Waals surface area (Å²) in [5.41, 5.74) is 0.457. The average molecular weight is 225 g/mol. The molecule has 1 aromatic rings. The van der Waals surface area contributed by atoms with E-state index in [9.17, 15) is 9.59 Å². The normalized spacial score (nSPS) is 11.9. The van der Waals surface area contributed by atoms with Crippen LogP contribution in [0, 0.1) is 0 Å². The molecule has 0 radical (unpaired) electrons. The van der Waals surface area contributed by atoms with Crippen molar-refractivity contribution in [1.29, 1.82) is 0 Å². The number of carbonyl (C=O) groups is 2. The van der Waals surface area contributed by atoms with Crippen molar-refractivity contribution in [3.05, 3.63) is 23.7 Å². The molecule has 1 heterocycles. The summed E-state index contributed by atoms with van der Waals surface area (Å²) < 4.78 is 9.64. The maximum Gasteiger partial charge on any atom is 0.328 e. The van der Waals surface area contributed by atoms with Crippen LogP contribution in [0.4, 0.5) is 0 Å². The van der Waals surface area contributed by atoms with Gasteiger partial charge in [0, 0.05) is 6.42 Å². The summed E-state index contributed by atoms with van der Waals surface area (Å²) in [7, 11) is 1.28. The van der Waals surface area contributed by atoms with Crippen molar-refractivity contribution in [2.75, 3.05) is 7.11 Å². The highest BCUT2D eigenvalue weighted by molar-refractivity contribution is 5.97. The first kappa shape index (κ1) is 12.3. The second-order valence-corrected chi connectivity index (χ2v) is 3.33. The number of aryl methyl sites for hydroxylation is 1. The lowest BCUT2D eigenvalue weighted by atomic mass is 10.2. The van der Waals surface area contributed by atoms with Crippen LogP contribution in [0.5, 0.6) is 0 Å². The Balaban J connectivity index is 2.69. The molecule has 0 aliphatic heterocycles. The fraction of sp³-hybridized carbons (Fsp3) is 0.455. The first-order valence-electron chi connectivity index (χ1n) is 5.05. The first-order valence-corrected chi connectivity index (χ1v) is 5.05. The van der Waals surface area contributed by atoms with Crippen LogP contribution in [0.2, 0.25) is 0 Å². The molecule has 0 aliphatic rings. The van der Waals surface area contributed by atoms with E-state index in [-0.39, 0.29) is 5.91 Å². The highest BCUT2D eigenvalue weighted by atomic mass is 16.5. The van der Waals surface area contributed by atoms with Crippen LogP contribution in [0.3, 0.4) is 0 Å². The molecule has 0 aromatic carbocycles. The van der Waals surface area contributed by atoms with Gasteiger partial charge in [0.2, 0.25) is 0 Å². The van der Waals surface area contributed by atoms with E-state index < -0.39 is 12.0 Å². The molecule has 0 fully saturated rings. The Morgan fingerprint density at radius 1 is 1.56 bits per heavy atom. The minimum atomic E-state index is -0.669. The predicted octanol–water partition coefficient (Wildman–Crippen LogP) is 1.13. The van der Waals surface area contributed by atoms with Gasteiger partial charge < -0.3 is 14.5 Å². The molecule has 1 N–H and O–H groups in total. The van der Waals surface area contributed by atoms with Crippen molar-refractivity contribution in [1.82, 2.24) is 5.32 Å². The number of hydrogen-bond donors (Lipinski definition) is 1. The predicted molar refractivity (Wildman–Crippen MR) is 57.0 cm³/mol. The van der Waals surface area contributed by atoms with Gasteiger partial charge in [-0.1, -0.05) is 6.92 Å². The SMILES string of the molecule is CCc1occc1C(=O)NC(C)C(=O)OC. The fourth-order valence-electron chi connectivity index (χ4n) is 1.33. The molecule has 0 aliphatic carbocycles. The monoisotopic (exact) mass is 225 g/mol. The number of carbonyl (C=O) groups excluding carboxylic acids is 2. The third-order valence-corrected chi connectivity index (χ3v) is 2.21.